The summed E-state index contributed by atoms with van der Waals surface area (Å²) >= 11 is 6.03. The molecular weight excluding hydrogens is 184 g/mol. The van der Waals surface area contributed by atoms with Crippen molar-refractivity contribution < 1.29 is 4.79 Å². The molecule has 1 saturated heterocycles. The number of hydrogen-bond acceptors (Lipinski definition) is 4. The summed E-state index contributed by atoms with van der Waals surface area (Å²) in [4.78, 5) is 10.9. The maximum absolute atomic E-state index is 10.9. The highest BCUT2D eigenvalue weighted by Crippen LogP contribution is 2.18. The van der Waals surface area contributed by atoms with E-state index in [1.165, 1.54) is 11.8 Å². The summed E-state index contributed by atoms with van der Waals surface area (Å²) in [5.41, 5.74) is 10.1. The second kappa shape index (κ2) is 3.05. The van der Waals surface area contributed by atoms with Crippen molar-refractivity contribution >= 4 is 40.2 Å². The molecule has 0 saturated carbocycles. The van der Waals surface area contributed by atoms with E-state index in [0.29, 0.717) is 10.1 Å². The third-order valence-electron chi connectivity index (χ3n) is 0.944. The maximum atomic E-state index is 10.9. The highest BCUT2D eigenvalue weighted by molar-refractivity contribution is 8.23. The number of thioether (sulfide) groups is 1. The van der Waals surface area contributed by atoms with Gasteiger partial charge in [0.05, 0.1) is 5.75 Å². The molecule has 0 aromatic heterocycles. The second-order valence-electron chi connectivity index (χ2n) is 1.78. The van der Waals surface area contributed by atoms with Crippen LogP contribution >= 0.6 is 24.0 Å². The predicted octanol–water partition coefficient (Wildman–Crippen LogP) is -0.965. The summed E-state index contributed by atoms with van der Waals surface area (Å²) in [5, 5.41) is 4.57. The number of carbonyl (C=O) groups is 1. The van der Waals surface area contributed by atoms with Crippen LogP contribution in [0, 0.1) is 0 Å². The highest BCUT2D eigenvalue weighted by atomic mass is 32.2. The Morgan fingerprint density at radius 1 is 1.73 bits per heavy atom. The normalized spacial score (nSPS) is 17.3. The van der Waals surface area contributed by atoms with Crippen molar-refractivity contribution in [3.63, 3.8) is 0 Å². The zero-order chi connectivity index (χ0) is 8.43. The first-order chi connectivity index (χ1) is 5.11. The van der Waals surface area contributed by atoms with E-state index >= 15 is 0 Å². The van der Waals surface area contributed by atoms with Gasteiger partial charge in [-0.2, -0.15) is 5.01 Å². The SMILES string of the molecule is NC(N)=NN1C(=O)CSC1=S. The summed E-state index contributed by atoms with van der Waals surface area (Å²) < 4.78 is 0.392. The van der Waals surface area contributed by atoms with Gasteiger partial charge in [0.15, 0.2) is 4.32 Å². The van der Waals surface area contributed by atoms with Gasteiger partial charge in [-0.15, -0.1) is 5.10 Å². The molecule has 4 N–H and O–H groups in total. The molecule has 11 heavy (non-hydrogen) atoms. The largest absolute Gasteiger partial charge is 0.369 e. The molecule has 0 bridgehead atoms. The van der Waals surface area contributed by atoms with Gasteiger partial charge in [-0.05, 0) is 0 Å². The third-order valence-corrected chi connectivity index (χ3v) is 2.28. The number of thiocarbonyl (C=S) groups is 1. The third kappa shape index (κ3) is 1.81. The van der Waals surface area contributed by atoms with Crippen LogP contribution in [0.4, 0.5) is 0 Å². The average Bonchev–Trinajstić information content (AvgIpc) is 2.18. The second-order valence-corrected chi connectivity index (χ2v) is 3.39. The van der Waals surface area contributed by atoms with Crippen LogP contribution in [0.3, 0.4) is 0 Å². The number of amides is 1. The van der Waals surface area contributed by atoms with Crippen molar-refractivity contribution in [2.24, 2.45) is 16.6 Å². The summed E-state index contributed by atoms with van der Waals surface area (Å²) in [6, 6.07) is 0. The fourth-order valence-electron chi connectivity index (χ4n) is 0.560. The molecule has 1 heterocycles. The van der Waals surface area contributed by atoms with Crippen molar-refractivity contribution in [1.29, 1.82) is 0 Å². The fraction of sp³-hybridized carbons (Fsp3) is 0.250. The van der Waals surface area contributed by atoms with E-state index in [9.17, 15) is 4.79 Å². The van der Waals surface area contributed by atoms with Gasteiger partial charge in [0, 0.05) is 0 Å². The summed E-state index contributed by atoms with van der Waals surface area (Å²) in [6.07, 6.45) is 0. The van der Waals surface area contributed by atoms with Crippen LogP contribution in [0.5, 0.6) is 0 Å². The van der Waals surface area contributed by atoms with Crippen LogP contribution in [0.25, 0.3) is 0 Å². The van der Waals surface area contributed by atoms with Gasteiger partial charge in [-0.1, -0.05) is 24.0 Å². The number of rotatable bonds is 1. The molecule has 0 unspecified atom stereocenters. The topological polar surface area (TPSA) is 84.7 Å². The number of carbonyl (C=O) groups excluding carboxylic acids is 1. The first-order valence-corrected chi connectivity index (χ1v) is 4.10. The average molecular weight is 190 g/mol. The molecule has 5 nitrogen and oxygen atoms in total. The molecule has 0 aromatic rings. The molecule has 0 atom stereocenters. The van der Waals surface area contributed by atoms with E-state index < -0.39 is 0 Å². The van der Waals surface area contributed by atoms with Gasteiger partial charge >= 0.3 is 0 Å². The Balaban J connectivity index is 2.77. The van der Waals surface area contributed by atoms with E-state index in [0.717, 1.165) is 5.01 Å². The maximum Gasteiger partial charge on any atom is 0.259 e. The zero-order valence-electron chi connectivity index (χ0n) is 5.48. The minimum atomic E-state index is -0.187. The molecule has 0 aliphatic carbocycles. The first kappa shape index (κ1) is 8.28. The molecule has 0 spiro atoms. The van der Waals surface area contributed by atoms with Crippen LogP contribution < -0.4 is 11.5 Å². The van der Waals surface area contributed by atoms with Crippen LogP contribution in [0.1, 0.15) is 0 Å². The molecule has 1 rings (SSSR count). The highest BCUT2D eigenvalue weighted by Gasteiger charge is 2.26. The van der Waals surface area contributed by atoms with E-state index in [4.69, 9.17) is 23.7 Å². The van der Waals surface area contributed by atoms with E-state index in [2.05, 4.69) is 5.10 Å². The minimum absolute atomic E-state index is 0.164. The van der Waals surface area contributed by atoms with Crippen molar-refractivity contribution in [1.82, 2.24) is 5.01 Å². The Kier molecular flexibility index (Phi) is 2.30. The van der Waals surface area contributed by atoms with E-state index in [-0.39, 0.29) is 11.9 Å². The Morgan fingerprint density at radius 2 is 2.36 bits per heavy atom. The number of nitrogens with zero attached hydrogens (tertiary/aromatic N) is 2. The Hall–Kier alpha value is -0.820. The standard InChI is InChI=1S/C4H6N4OS2/c5-3(6)7-8-2(9)1-11-4(8)10/h1H2,(H4,5,6,7). The van der Waals surface area contributed by atoms with Crippen LogP contribution in [0.2, 0.25) is 0 Å². The monoisotopic (exact) mass is 190 g/mol. The lowest BCUT2D eigenvalue weighted by molar-refractivity contribution is -0.124. The van der Waals surface area contributed by atoms with Gasteiger partial charge in [-0.3, -0.25) is 4.79 Å². The first-order valence-electron chi connectivity index (χ1n) is 2.70. The predicted molar refractivity (Wildman–Crippen MR) is 47.7 cm³/mol. The van der Waals surface area contributed by atoms with Gasteiger partial charge in [0.25, 0.3) is 5.91 Å². The van der Waals surface area contributed by atoms with Crippen molar-refractivity contribution in [2.45, 2.75) is 0 Å². The molecular formula is C4H6N4OS2. The number of hydrogen-bond donors (Lipinski definition) is 2. The molecule has 1 aliphatic heterocycles. The molecule has 7 heteroatoms. The Morgan fingerprint density at radius 3 is 2.73 bits per heavy atom. The molecule has 60 valence electrons. The quantitative estimate of drug-likeness (QED) is 0.316. The van der Waals surface area contributed by atoms with Crippen molar-refractivity contribution in [3.05, 3.63) is 0 Å². The number of guanidine groups is 1. The summed E-state index contributed by atoms with van der Waals surface area (Å²) in [6.45, 7) is 0. The number of hydrazone groups is 1. The molecule has 1 aliphatic rings. The molecule has 1 amide bonds. The van der Waals surface area contributed by atoms with Crippen molar-refractivity contribution in [3.8, 4) is 0 Å². The van der Waals surface area contributed by atoms with Crippen LogP contribution in [0.15, 0.2) is 5.10 Å². The van der Waals surface area contributed by atoms with Gasteiger partial charge in [0.2, 0.25) is 5.96 Å². The van der Waals surface area contributed by atoms with Crippen molar-refractivity contribution in [2.75, 3.05) is 5.75 Å². The van der Waals surface area contributed by atoms with E-state index in [1.807, 2.05) is 0 Å². The van der Waals surface area contributed by atoms with Gasteiger partial charge < -0.3 is 11.5 Å². The van der Waals surface area contributed by atoms with Gasteiger partial charge in [-0.25, -0.2) is 0 Å². The smallest absolute Gasteiger partial charge is 0.259 e. The number of nitrogens with two attached hydrogens (primary N) is 2. The molecule has 0 radical (unpaired) electrons. The zero-order valence-corrected chi connectivity index (χ0v) is 7.11. The lowest BCUT2D eigenvalue weighted by atomic mass is 10.7. The molecule has 1 fully saturated rings. The minimum Gasteiger partial charge on any atom is -0.369 e. The van der Waals surface area contributed by atoms with Gasteiger partial charge in [0.1, 0.15) is 0 Å². The lowest BCUT2D eigenvalue weighted by Gasteiger charge is -2.06. The Labute approximate surface area is 72.8 Å². The summed E-state index contributed by atoms with van der Waals surface area (Å²) in [5.74, 6) is -0.0353. The fourth-order valence-corrected chi connectivity index (χ4v) is 1.51. The lowest BCUT2D eigenvalue weighted by Crippen LogP contribution is -2.31. The summed E-state index contributed by atoms with van der Waals surface area (Å²) in [7, 11) is 0. The van der Waals surface area contributed by atoms with Crippen LogP contribution in [-0.4, -0.2) is 26.9 Å². The van der Waals surface area contributed by atoms with Crippen LogP contribution in [-0.2, 0) is 4.79 Å². The Bertz CT molecular complexity index is 218. The molecule has 0 aromatic carbocycles. The van der Waals surface area contributed by atoms with E-state index in [1.54, 1.807) is 0 Å².